The van der Waals surface area contributed by atoms with Gasteiger partial charge in [-0.25, -0.2) is 0 Å². The second kappa shape index (κ2) is 7.06. The normalized spacial score (nSPS) is 20.7. The van der Waals surface area contributed by atoms with Gasteiger partial charge in [0.25, 0.3) is 0 Å². The molecule has 0 bridgehead atoms. The van der Waals surface area contributed by atoms with Crippen LogP contribution < -0.4 is 5.32 Å². The molecule has 1 saturated heterocycles. The molecule has 2 nitrogen and oxygen atoms in total. The third-order valence-electron chi connectivity index (χ3n) is 3.90. The van der Waals surface area contributed by atoms with Crippen LogP contribution >= 0.6 is 0 Å². The summed E-state index contributed by atoms with van der Waals surface area (Å²) in [6.45, 7) is 9.51. The van der Waals surface area contributed by atoms with E-state index in [1.165, 1.54) is 29.5 Å². The average Bonchev–Trinajstić information content (AvgIpc) is 2.80. The van der Waals surface area contributed by atoms with Crippen molar-refractivity contribution in [1.82, 2.24) is 5.32 Å². The van der Waals surface area contributed by atoms with Crippen LogP contribution in [0, 0.1) is 19.8 Å². The first kappa shape index (κ1) is 14.5. The van der Waals surface area contributed by atoms with Crippen molar-refractivity contribution >= 4 is 0 Å². The van der Waals surface area contributed by atoms with Crippen molar-refractivity contribution < 1.29 is 4.74 Å². The lowest BCUT2D eigenvalue weighted by molar-refractivity contribution is 0.181. The molecule has 1 heterocycles. The number of hydrogen-bond acceptors (Lipinski definition) is 2. The maximum Gasteiger partial charge on any atom is 0.0495 e. The number of rotatable bonds is 6. The average molecular weight is 261 g/mol. The van der Waals surface area contributed by atoms with Gasteiger partial charge >= 0.3 is 0 Å². The minimum absolute atomic E-state index is 0.581. The molecule has 1 aromatic rings. The Labute approximate surface area is 117 Å². The largest absolute Gasteiger partial charge is 0.381 e. The lowest BCUT2D eigenvalue weighted by Gasteiger charge is -2.21. The fourth-order valence-corrected chi connectivity index (χ4v) is 3.17. The van der Waals surface area contributed by atoms with Gasteiger partial charge in [0.1, 0.15) is 0 Å². The molecule has 0 saturated carbocycles. The molecule has 106 valence electrons. The molecule has 0 amide bonds. The molecule has 1 aliphatic heterocycles. The Morgan fingerprint density at radius 1 is 1.26 bits per heavy atom. The van der Waals surface area contributed by atoms with Crippen molar-refractivity contribution in [3.8, 4) is 0 Å². The molecular formula is C17H27NO. The van der Waals surface area contributed by atoms with Gasteiger partial charge in [-0.3, -0.25) is 0 Å². The molecule has 2 heteroatoms. The summed E-state index contributed by atoms with van der Waals surface area (Å²) < 4.78 is 5.50. The summed E-state index contributed by atoms with van der Waals surface area (Å²) in [5, 5.41) is 3.64. The third kappa shape index (κ3) is 4.63. The molecule has 1 aliphatic rings. The van der Waals surface area contributed by atoms with Gasteiger partial charge in [-0.1, -0.05) is 36.2 Å². The van der Waals surface area contributed by atoms with E-state index in [9.17, 15) is 0 Å². The Bertz CT molecular complexity index is 376. The zero-order valence-corrected chi connectivity index (χ0v) is 12.5. The molecule has 2 rings (SSSR count). The smallest absolute Gasteiger partial charge is 0.0495 e. The summed E-state index contributed by atoms with van der Waals surface area (Å²) in [4.78, 5) is 0. The highest BCUT2D eigenvalue weighted by Crippen LogP contribution is 2.20. The highest BCUT2D eigenvalue weighted by Gasteiger charge is 2.20. The first-order valence-corrected chi connectivity index (χ1v) is 7.55. The zero-order chi connectivity index (χ0) is 13.7. The number of benzene rings is 1. The van der Waals surface area contributed by atoms with Gasteiger partial charge in [0.05, 0.1) is 0 Å². The van der Waals surface area contributed by atoms with Crippen molar-refractivity contribution in [3.05, 3.63) is 34.9 Å². The Balaban J connectivity index is 1.98. The SMILES string of the molecule is CCNC(Cc1cc(C)cc(C)c1)CC1CCOC1. The molecule has 0 radical (unpaired) electrons. The predicted molar refractivity (Wildman–Crippen MR) is 80.6 cm³/mol. The first-order chi connectivity index (χ1) is 9.17. The van der Waals surface area contributed by atoms with E-state index in [1.54, 1.807) is 0 Å². The Morgan fingerprint density at radius 3 is 2.58 bits per heavy atom. The molecule has 0 spiro atoms. The Hall–Kier alpha value is -0.860. The van der Waals surface area contributed by atoms with Crippen molar-refractivity contribution in [1.29, 1.82) is 0 Å². The summed E-state index contributed by atoms with van der Waals surface area (Å²) in [5.74, 6) is 0.745. The summed E-state index contributed by atoms with van der Waals surface area (Å²) in [6.07, 6.45) is 3.60. The number of nitrogens with one attached hydrogen (secondary N) is 1. The van der Waals surface area contributed by atoms with Crippen molar-refractivity contribution in [3.63, 3.8) is 0 Å². The van der Waals surface area contributed by atoms with E-state index in [4.69, 9.17) is 4.74 Å². The monoisotopic (exact) mass is 261 g/mol. The van der Waals surface area contributed by atoms with Crippen LogP contribution in [0.25, 0.3) is 0 Å². The van der Waals surface area contributed by atoms with E-state index in [0.29, 0.717) is 6.04 Å². The van der Waals surface area contributed by atoms with Gasteiger partial charge in [0.15, 0.2) is 0 Å². The fraction of sp³-hybridized carbons (Fsp3) is 0.647. The maximum atomic E-state index is 5.50. The van der Waals surface area contributed by atoms with Crippen LogP contribution in [0.2, 0.25) is 0 Å². The quantitative estimate of drug-likeness (QED) is 0.848. The van der Waals surface area contributed by atoms with E-state index in [2.05, 4.69) is 44.3 Å². The fourth-order valence-electron chi connectivity index (χ4n) is 3.17. The van der Waals surface area contributed by atoms with Crippen molar-refractivity contribution in [2.24, 2.45) is 5.92 Å². The topological polar surface area (TPSA) is 21.3 Å². The molecule has 1 aromatic carbocycles. The molecular weight excluding hydrogens is 234 g/mol. The Kier molecular flexibility index (Phi) is 5.41. The number of ether oxygens (including phenoxy) is 1. The highest BCUT2D eigenvalue weighted by molar-refractivity contribution is 5.29. The second-order valence-corrected chi connectivity index (χ2v) is 5.92. The molecule has 2 atom stereocenters. The number of aryl methyl sites for hydroxylation is 2. The second-order valence-electron chi connectivity index (χ2n) is 5.92. The predicted octanol–water partition coefficient (Wildman–Crippen LogP) is 3.25. The van der Waals surface area contributed by atoms with Crippen LogP contribution in [-0.4, -0.2) is 25.8 Å². The standard InChI is InChI=1S/C17H27NO/c1-4-18-17(10-15-5-6-19-12-15)11-16-8-13(2)7-14(3)9-16/h7-9,15,17-18H,4-6,10-12H2,1-3H3. The lowest BCUT2D eigenvalue weighted by atomic mass is 9.93. The van der Waals surface area contributed by atoms with Gasteiger partial charge in [-0.2, -0.15) is 0 Å². The van der Waals surface area contributed by atoms with Gasteiger partial charge < -0.3 is 10.1 Å². The van der Waals surface area contributed by atoms with Crippen molar-refractivity contribution in [2.75, 3.05) is 19.8 Å². The molecule has 0 aliphatic carbocycles. The summed E-state index contributed by atoms with van der Waals surface area (Å²) >= 11 is 0. The molecule has 2 unspecified atom stereocenters. The van der Waals surface area contributed by atoms with Crippen molar-refractivity contribution in [2.45, 2.75) is 46.1 Å². The van der Waals surface area contributed by atoms with Gasteiger partial charge in [0, 0.05) is 19.3 Å². The van der Waals surface area contributed by atoms with Crippen LogP contribution in [0.5, 0.6) is 0 Å². The number of likely N-dealkylation sites (N-methyl/N-ethyl adjacent to an activating group) is 1. The number of hydrogen-bond donors (Lipinski definition) is 1. The summed E-state index contributed by atoms with van der Waals surface area (Å²) in [6, 6.07) is 7.47. The minimum atomic E-state index is 0.581. The summed E-state index contributed by atoms with van der Waals surface area (Å²) in [5.41, 5.74) is 4.20. The van der Waals surface area contributed by atoms with Gasteiger partial charge in [0.2, 0.25) is 0 Å². The van der Waals surface area contributed by atoms with Crippen LogP contribution in [0.4, 0.5) is 0 Å². The van der Waals surface area contributed by atoms with Gasteiger partial charge in [-0.15, -0.1) is 0 Å². The van der Waals surface area contributed by atoms with E-state index < -0.39 is 0 Å². The van der Waals surface area contributed by atoms with Crippen LogP contribution in [-0.2, 0) is 11.2 Å². The van der Waals surface area contributed by atoms with Gasteiger partial charge in [-0.05, 0) is 51.1 Å². The lowest BCUT2D eigenvalue weighted by Crippen LogP contribution is -2.33. The maximum absolute atomic E-state index is 5.50. The third-order valence-corrected chi connectivity index (χ3v) is 3.90. The van der Waals surface area contributed by atoms with E-state index in [-0.39, 0.29) is 0 Å². The minimum Gasteiger partial charge on any atom is -0.381 e. The first-order valence-electron chi connectivity index (χ1n) is 7.55. The molecule has 19 heavy (non-hydrogen) atoms. The molecule has 1 N–H and O–H groups in total. The van der Waals surface area contributed by atoms with Crippen LogP contribution in [0.15, 0.2) is 18.2 Å². The van der Waals surface area contributed by atoms with Crippen LogP contribution in [0.3, 0.4) is 0 Å². The van der Waals surface area contributed by atoms with E-state index >= 15 is 0 Å². The van der Waals surface area contributed by atoms with Crippen LogP contribution in [0.1, 0.15) is 36.5 Å². The highest BCUT2D eigenvalue weighted by atomic mass is 16.5. The van der Waals surface area contributed by atoms with E-state index in [0.717, 1.165) is 32.1 Å². The zero-order valence-electron chi connectivity index (χ0n) is 12.5. The molecule has 0 aromatic heterocycles. The Morgan fingerprint density at radius 2 is 2.00 bits per heavy atom. The summed E-state index contributed by atoms with van der Waals surface area (Å²) in [7, 11) is 0. The molecule has 1 fully saturated rings. The van der Waals surface area contributed by atoms with E-state index in [1.807, 2.05) is 0 Å².